The van der Waals surface area contributed by atoms with E-state index in [0.717, 1.165) is 0 Å². The Kier molecular flexibility index (Phi) is 3.07. The van der Waals surface area contributed by atoms with Crippen molar-refractivity contribution >= 4 is 39.9 Å². The molecule has 1 aliphatic heterocycles. The molecule has 2 nitrogen and oxygen atoms in total. The van der Waals surface area contributed by atoms with Crippen molar-refractivity contribution in [3.63, 3.8) is 0 Å². The molecule has 1 aliphatic rings. The Morgan fingerprint density at radius 3 is 1.36 bits per heavy atom. The maximum absolute atomic E-state index is 12.0. The molecule has 10 heteroatoms. The van der Waals surface area contributed by atoms with Crippen molar-refractivity contribution in [2.45, 2.75) is 12.4 Å². The SMILES string of the molecule is FC(F)(F)C1=[N][Sb]([Cl])[N]=C1C(F)(F)F. The van der Waals surface area contributed by atoms with Gasteiger partial charge in [0.25, 0.3) is 0 Å². The molecular formula is C4ClF6N2Sb. The Labute approximate surface area is 85.0 Å². The summed E-state index contributed by atoms with van der Waals surface area (Å²) in [6.45, 7) is 0. The van der Waals surface area contributed by atoms with Crippen LogP contribution in [0.4, 0.5) is 26.3 Å². The molecule has 0 aliphatic carbocycles. The summed E-state index contributed by atoms with van der Waals surface area (Å²) in [6.07, 6.45) is -10.3. The van der Waals surface area contributed by atoms with Gasteiger partial charge >= 0.3 is 84.9 Å². The Hall–Kier alpha value is 0.0282. The standard InChI is InChI=1S/C4F6N2.ClH.Sb/c5-3(6,7)1(11)2(12)4(8,9)10;;/h;1H;/q-2;;+3/p-1. The van der Waals surface area contributed by atoms with Gasteiger partial charge in [-0.05, 0) is 0 Å². The average molecular weight is 347 g/mol. The van der Waals surface area contributed by atoms with E-state index in [1.807, 2.05) is 0 Å². The summed E-state index contributed by atoms with van der Waals surface area (Å²) in [6, 6.07) is 0. The maximum atomic E-state index is 12.0. The molecule has 0 amide bonds. The van der Waals surface area contributed by atoms with Crippen molar-refractivity contribution in [1.29, 1.82) is 0 Å². The summed E-state index contributed by atoms with van der Waals surface area (Å²) in [5.74, 6) is 0. The Morgan fingerprint density at radius 2 is 1.14 bits per heavy atom. The van der Waals surface area contributed by atoms with E-state index in [4.69, 9.17) is 8.83 Å². The normalized spacial score (nSPS) is 19.6. The molecule has 0 aromatic heterocycles. The molecule has 0 unspecified atom stereocenters. The minimum absolute atomic E-state index is 2.00. The second kappa shape index (κ2) is 3.55. The van der Waals surface area contributed by atoms with E-state index >= 15 is 0 Å². The van der Waals surface area contributed by atoms with E-state index in [1.54, 1.807) is 0 Å². The summed E-state index contributed by atoms with van der Waals surface area (Å²) in [5.41, 5.74) is -3.99. The molecule has 0 aromatic carbocycles. The third kappa shape index (κ3) is 2.53. The van der Waals surface area contributed by atoms with Crippen molar-refractivity contribution in [2.24, 2.45) is 6.30 Å². The van der Waals surface area contributed by atoms with Gasteiger partial charge in [-0.2, -0.15) is 0 Å². The molecule has 0 bridgehead atoms. The van der Waals surface area contributed by atoms with Gasteiger partial charge in [0.15, 0.2) is 0 Å². The van der Waals surface area contributed by atoms with Crippen LogP contribution in [-0.4, -0.2) is 43.4 Å². The van der Waals surface area contributed by atoms with Crippen LogP contribution in [-0.2, 0) is 0 Å². The molecule has 0 spiro atoms. The molecule has 0 saturated heterocycles. The number of nitrogens with zero attached hydrogens (tertiary/aromatic N) is 2. The van der Waals surface area contributed by atoms with Crippen LogP contribution < -0.4 is 0 Å². The average Bonchev–Trinajstić information content (AvgIpc) is 2.27. The number of halogens is 7. The zero-order valence-corrected chi connectivity index (χ0v) is 9.30. The first kappa shape index (κ1) is 12.1. The van der Waals surface area contributed by atoms with Gasteiger partial charge in [0.2, 0.25) is 0 Å². The van der Waals surface area contributed by atoms with E-state index in [1.165, 1.54) is 0 Å². The number of hydrogen-bond donors (Lipinski definition) is 0. The Balaban J connectivity index is 3.10. The van der Waals surface area contributed by atoms with Crippen LogP contribution >= 0.6 is 8.83 Å². The van der Waals surface area contributed by atoms with Crippen LogP contribution in [0.15, 0.2) is 6.30 Å². The second-order valence-corrected chi connectivity index (χ2v) is 6.68. The summed E-state index contributed by atoms with van der Waals surface area (Å²) in [7, 11) is 5.12. The van der Waals surface area contributed by atoms with Gasteiger partial charge in [0.1, 0.15) is 0 Å². The molecule has 14 heavy (non-hydrogen) atoms. The number of hydrogen-bond acceptors (Lipinski definition) is 2. The van der Waals surface area contributed by atoms with Crippen LogP contribution in [0, 0.1) is 0 Å². The third-order valence-electron chi connectivity index (χ3n) is 1.13. The van der Waals surface area contributed by atoms with Gasteiger partial charge in [-0.15, -0.1) is 0 Å². The molecular weight excluding hydrogens is 347 g/mol. The molecule has 0 radical (unpaired) electrons. The number of rotatable bonds is 0. The molecule has 0 fully saturated rings. The van der Waals surface area contributed by atoms with Gasteiger partial charge in [0.05, 0.1) is 0 Å². The predicted molar refractivity (Wildman–Crippen MR) is 38.6 cm³/mol. The van der Waals surface area contributed by atoms with Crippen LogP contribution in [0.5, 0.6) is 0 Å². The summed E-state index contributed by atoms with van der Waals surface area (Å²) in [5, 5.41) is 0. The second-order valence-electron chi connectivity index (χ2n) is 2.13. The number of alkyl halides is 6. The Morgan fingerprint density at radius 1 is 0.857 bits per heavy atom. The van der Waals surface area contributed by atoms with Gasteiger partial charge < -0.3 is 0 Å². The van der Waals surface area contributed by atoms with Gasteiger partial charge in [-0.1, -0.05) is 0 Å². The zero-order chi connectivity index (χ0) is 11.1. The van der Waals surface area contributed by atoms with E-state index < -0.39 is 43.4 Å². The molecule has 0 saturated carbocycles. The predicted octanol–water partition coefficient (Wildman–Crippen LogP) is 2.23. The fourth-order valence-electron chi connectivity index (χ4n) is 0.664. The third-order valence-corrected chi connectivity index (χ3v) is 4.22. The van der Waals surface area contributed by atoms with E-state index in [-0.39, 0.29) is 0 Å². The van der Waals surface area contributed by atoms with Crippen LogP contribution in [0.25, 0.3) is 0 Å². The fraction of sp³-hybridized carbons (Fsp3) is 0.500. The molecule has 1 heterocycles. The van der Waals surface area contributed by atoms with E-state index in [0.29, 0.717) is 0 Å². The van der Waals surface area contributed by atoms with E-state index in [2.05, 4.69) is 6.30 Å². The molecule has 0 atom stereocenters. The molecule has 80 valence electrons. The van der Waals surface area contributed by atoms with Crippen molar-refractivity contribution in [3.05, 3.63) is 0 Å². The van der Waals surface area contributed by atoms with Crippen LogP contribution in [0.2, 0.25) is 0 Å². The monoisotopic (exact) mass is 346 g/mol. The summed E-state index contributed by atoms with van der Waals surface area (Å²) in [4.78, 5) is 0. The van der Waals surface area contributed by atoms with Crippen molar-refractivity contribution < 1.29 is 26.3 Å². The van der Waals surface area contributed by atoms with Crippen LogP contribution in [0.1, 0.15) is 0 Å². The van der Waals surface area contributed by atoms with Gasteiger partial charge in [-0.25, -0.2) is 0 Å². The molecule has 0 N–H and O–H groups in total. The summed E-state index contributed by atoms with van der Waals surface area (Å²) < 4.78 is 77.3. The Bertz CT molecular complexity index is 274. The quantitative estimate of drug-likeness (QED) is 0.474. The van der Waals surface area contributed by atoms with Crippen molar-refractivity contribution in [3.8, 4) is 0 Å². The van der Waals surface area contributed by atoms with E-state index in [9.17, 15) is 26.3 Å². The van der Waals surface area contributed by atoms with Crippen molar-refractivity contribution in [1.82, 2.24) is 0 Å². The fourth-order valence-corrected chi connectivity index (χ4v) is 3.94. The first-order valence-corrected chi connectivity index (χ1v) is 8.42. The zero-order valence-electron chi connectivity index (χ0n) is 5.99. The summed E-state index contributed by atoms with van der Waals surface area (Å²) >= 11 is -3.57. The molecule has 0 aromatic rings. The molecule has 1 rings (SSSR count). The van der Waals surface area contributed by atoms with Gasteiger partial charge in [0, 0.05) is 0 Å². The topological polar surface area (TPSA) is 24.7 Å². The minimum atomic E-state index is -5.15. The van der Waals surface area contributed by atoms with Gasteiger partial charge in [-0.3, -0.25) is 0 Å². The first-order chi connectivity index (χ1) is 6.12. The van der Waals surface area contributed by atoms with Crippen molar-refractivity contribution in [2.75, 3.05) is 0 Å². The first-order valence-electron chi connectivity index (χ1n) is 2.90. The van der Waals surface area contributed by atoms with Crippen LogP contribution in [0.3, 0.4) is 0 Å².